The summed E-state index contributed by atoms with van der Waals surface area (Å²) >= 11 is 3.89. The van der Waals surface area contributed by atoms with Crippen molar-refractivity contribution in [1.29, 1.82) is 0 Å². The summed E-state index contributed by atoms with van der Waals surface area (Å²) in [7, 11) is 0. The van der Waals surface area contributed by atoms with Gasteiger partial charge in [0.1, 0.15) is 0 Å². The van der Waals surface area contributed by atoms with Crippen LogP contribution >= 0.6 is 23.5 Å². The van der Waals surface area contributed by atoms with E-state index < -0.39 is 0 Å². The van der Waals surface area contributed by atoms with E-state index in [1.54, 1.807) is 0 Å². The van der Waals surface area contributed by atoms with E-state index >= 15 is 0 Å². The minimum atomic E-state index is 0.668. The number of amidine groups is 1. The molecule has 0 radical (unpaired) electrons. The second-order valence-electron chi connectivity index (χ2n) is 4.03. The van der Waals surface area contributed by atoms with Gasteiger partial charge < -0.3 is 5.32 Å². The zero-order chi connectivity index (χ0) is 9.97. The maximum atomic E-state index is 4.51. The smallest absolute Gasteiger partial charge is 0.157 e. The Bertz CT molecular complexity index is 230. The van der Waals surface area contributed by atoms with Crippen LogP contribution < -0.4 is 5.32 Å². The third-order valence-corrected chi connectivity index (χ3v) is 5.06. The van der Waals surface area contributed by atoms with E-state index in [2.05, 4.69) is 23.5 Å². The number of nitrogens with one attached hydrogen (secondary N) is 1. The Morgan fingerprint density at radius 2 is 2.36 bits per heavy atom. The van der Waals surface area contributed by atoms with Crippen LogP contribution in [-0.4, -0.2) is 34.5 Å². The molecule has 1 aliphatic heterocycles. The maximum absolute atomic E-state index is 4.51. The molecule has 0 aromatic heterocycles. The average Bonchev–Trinajstić information content (AvgIpc) is 2.76. The predicted octanol–water partition coefficient (Wildman–Crippen LogP) is 2.35. The monoisotopic (exact) mass is 230 g/mol. The molecule has 1 N–H and O–H groups in total. The maximum Gasteiger partial charge on any atom is 0.157 e. The Morgan fingerprint density at radius 1 is 1.50 bits per heavy atom. The van der Waals surface area contributed by atoms with Crippen LogP contribution in [0.2, 0.25) is 0 Å². The molecule has 14 heavy (non-hydrogen) atoms. The molecule has 1 heterocycles. The molecule has 0 saturated heterocycles. The molecule has 1 aliphatic carbocycles. The van der Waals surface area contributed by atoms with E-state index in [0.29, 0.717) is 11.3 Å². The van der Waals surface area contributed by atoms with Gasteiger partial charge in [0, 0.05) is 16.5 Å². The summed E-state index contributed by atoms with van der Waals surface area (Å²) in [6.07, 6.45) is 6.28. The van der Waals surface area contributed by atoms with E-state index in [1.165, 1.54) is 24.4 Å². The number of rotatable bonds is 2. The molecule has 0 aromatic carbocycles. The lowest BCUT2D eigenvalue weighted by Crippen LogP contribution is -2.36. The lowest BCUT2D eigenvalue weighted by Gasteiger charge is -2.19. The summed E-state index contributed by atoms with van der Waals surface area (Å²) in [5, 5.41) is 6.26. The van der Waals surface area contributed by atoms with Gasteiger partial charge in [-0.2, -0.15) is 11.8 Å². The van der Waals surface area contributed by atoms with Crippen molar-refractivity contribution in [1.82, 2.24) is 5.32 Å². The van der Waals surface area contributed by atoms with Gasteiger partial charge in [0.15, 0.2) is 5.17 Å². The van der Waals surface area contributed by atoms with Crippen molar-refractivity contribution in [3.63, 3.8) is 0 Å². The molecule has 2 nitrogen and oxygen atoms in total. The van der Waals surface area contributed by atoms with Gasteiger partial charge >= 0.3 is 0 Å². The molecule has 0 spiro atoms. The molecule has 80 valence electrons. The average molecular weight is 230 g/mol. The van der Waals surface area contributed by atoms with Crippen molar-refractivity contribution in [2.45, 2.75) is 42.7 Å². The van der Waals surface area contributed by atoms with Crippen LogP contribution in [0.25, 0.3) is 0 Å². The van der Waals surface area contributed by atoms with Crippen LogP contribution in [0, 0.1) is 0 Å². The SMILES string of the molecule is CSC1CCCC1NC1=NCC(C)S1. The van der Waals surface area contributed by atoms with Gasteiger partial charge in [-0.1, -0.05) is 25.1 Å². The number of nitrogens with zero attached hydrogens (tertiary/aromatic N) is 1. The number of hydrogen-bond acceptors (Lipinski definition) is 4. The molecule has 1 fully saturated rings. The van der Waals surface area contributed by atoms with Crippen LogP contribution in [-0.2, 0) is 0 Å². The second-order valence-corrected chi connectivity index (χ2v) is 6.53. The molecule has 0 bridgehead atoms. The van der Waals surface area contributed by atoms with E-state index in [9.17, 15) is 0 Å². The number of aliphatic imine (C=N–C) groups is 1. The van der Waals surface area contributed by atoms with E-state index in [4.69, 9.17) is 0 Å². The first-order valence-electron chi connectivity index (χ1n) is 5.30. The van der Waals surface area contributed by atoms with Crippen molar-refractivity contribution in [2.24, 2.45) is 4.99 Å². The van der Waals surface area contributed by atoms with Gasteiger partial charge in [-0.3, -0.25) is 4.99 Å². The van der Waals surface area contributed by atoms with Crippen LogP contribution in [0.1, 0.15) is 26.2 Å². The van der Waals surface area contributed by atoms with Crippen LogP contribution in [0.4, 0.5) is 0 Å². The Balaban J connectivity index is 1.85. The van der Waals surface area contributed by atoms with Gasteiger partial charge in [0.2, 0.25) is 0 Å². The fraction of sp³-hybridized carbons (Fsp3) is 0.900. The summed E-state index contributed by atoms with van der Waals surface area (Å²) in [5.74, 6) is 0. The van der Waals surface area contributed by atoms with Crippen molar-refractivity contribution >= 4 is 28.7 Å². The van der Waals surface area contributed by atoms with E-state index in [-0.39, 0.29) is 0 Å². The number of thioether (sulfide) groups is 2. The first-order chi connectivity index (χ1) is 6.79. The largest absolute Gasteiger partial charge is 0.361 e. The Morgan fingerprint density at radius 3 is 3.00 bits per heavy atom. The zero-order valence-electron chi connectivity index (χ0n) is 8.82. The van der Waals surface area contributed by atoms with Crippen molar-refractivity contribution in [2.75, 3.05) is 12.8 Å². The van der Waals surface area contributed by atoms with Gasteiger partial charge in [-0.05, 0) is 19.1 Å². The van der Waals surface area contributed by atoms with Crippen LogP contribution in [0.15, 0.2) is 4.99 Å². The Labute approximate surface area is 94.7 Å². The quantitative estimate of drug-likeness (QED) is 0.788. The van der Waals surface area contributed by atoms with Gasteiger partial charge in [0.05, 0.1) is 6.54 Å². The normalized spacial score (nSPS) is 37.3. The molecule has 0 aromatic rings. The summed E-state index contributed by atoms with van der Waals surface area (Å²) in [6, 6.07) is 0.668. The van der Waals surface area contributed by atoms with Crippen LogP contribution in [0.3, 0.4) is 0 Å². The van der Waals surface area contributed by atoms with Crippen molar-refractivity contribution in [3.8, 4) is 0 Å². The fourth-order valence-electron chi connectivity index (χ4n) is 2.09. The van der Waals surface area contributed by atoms with Gasteiger partial charge in [0.25, 0.3) is 0 Å². The molecule has 2 aliphatic rings. The van der Waals surface area contributed by atoms with Crippen LogP contribution in [0.5, 0.6) is 0 Å². The Kier molecular flexibility index (Phi) is 3.66. The molecule has 2 rings (SSSR count). The topological polar surface area (TPSA) is 24.4 Å². The highest BCUT2D eigenvalue weighted by molar-refractivity contribution is 8.14. The zero-order valence-corrected chi connectivity index (χ0v) is 10.5. The fourth-order valence-corrected chi connectivity index (χ4v) is 3.92. The number of hydrogen-bond donors (Lipinski definition) is 1. The molecular weight excluding hydrogens is 212 g/mol. The first-order valence-corrected chi connectivity index (χ1v) is 7.47. The minimum absolute atomic E-state index is 0.668. The summed E-state index contributed by atoms with van der Waals surface area (Å²) in [6.45, 7) is 3.23. The standard InChI is InChI=1S/C10H18N2S2/c1-7-6-11-10(14-7)12-8-4-3-5-9(8)13-2/h7-9H,3-6H2,1-2H3,(H,11,12). The van der Waals surface area contributed by atoms with Crippen molar-refractivity contribution < 1.29 is 0 Å². The molecule has 3 unspecified atom stereocenters. The lowest BCUT2D eigenvalue weighted by atomic mass is 10.2. The van der Waals surface area contributed by atoms with Gasteiger partial charge in [-0.25, -0.2) is 0 Å². The molecular formula is C10H18N2S2. The van der Waals surface area contributed by atoms with Crippen molar-refractivity contribution in [3.05, 3.63) is 0 Å². The minimum Gasteiger partial charge on any atom is -0.361 e. The molecule has 1 saturated carbocycles. The summed E-state index contributed by atoms with van der Waals surface area (Å²) in [4.78, 5) is 4.51. The van der Waals surface area contributed by atoms with Gasteiger partial charge in [-0.15, -0.1) is 0 Å². The Hall–Kier alpha value is 0.170. The second kappa shape index (κ2) is 4.79. The third kappa shape index (κ3) is 2.40. The lowest BCUT2D eigenvalue weighted by molar-refractivity contribution is 0.646. The molecule has 0 amide bonds. The van der Waals surface area contributed by atoms with E-state index in [1.807, 2.05) is 23.5 Å². The molecule has 4 heteroatoms. The highest BCUT2D eigenvalue weighted by Crippen LogP contribution is 2.29. The summed E-state index contributed by atoms with van der Waals surface area (Å²) in [5.41, 5.74) is 0. The highest BCUT2D eigenvalue weighted by atomic mass is 32.2. The first kappa shape index (κ1) is 10.7. The third-order valence-electron chi connectivity index (χ3n) is 2.87. The highest BCUT2D eigenvalue weighted by Gasteiger charge is 2.28. The predicted molar refractivity (Wildman–Crippen MR) is 67.4 cm³/mol. The van der Waals surface area contributed by atoms with E-state index in [0.717, 1.165) is 11.8 Å². The molecule has 3 atom stereocenters. The summed E-state index contributed by atoms with van der Waals surface area (Å²) < 4.78 is 0.